The zero-order valence-corrected chi connectivity index (χ0v) is 20.7. The van der Waals surface area contributed by atoms with E-state index in [1.165, 1.54) is 11.3 Å². The number of para-hydroxylation sites is 1. The van der Waals surface area contributed by atoms with Gasteiger partial charge >= 0.3 is 5.97 Å². The van der Waals surface area contributed by atoms with E-state index in [4.69, 9.17) is 4.74 Å². The van der Waals surface area contributed by atoms with E-state index in [2.05, 4.69) is 57.2 Å². The average Bonchev–Trinajstić information content (AvgIpc) is 3.38. The minimum Gasteiger partial charge on any atom is -0.461 e. The fourth-order valence-corrected chi connectivity index (χ4v) is 5.07. The van der Waals surface area contributed by atoms with E-state index < -0.39 is 5.97 Å². The maximum Gasteiger partial charge on any atom is 0.360 e. The van der Waals surface area contributed by atoms with Crippen LogP contribution in [0.2, 0.25) is 0 Å². The van der Waals surface area contributed by atoms with Crippen molar-refractivity contribution in [1.29, 1.82) is 0 Å². The van der Waals surface area contributed by atoms with Crippen LogP contribution in [0.1, 0.15) is 48.3 Å². The van der Waals surface area contributed by atoms with Gasteiger partial charge < -0.3 is 4.74 Å². The first kappa shape index (κ1) is 22.4. The number of hydrogen-bond acceptors (Lipinski definition) is 6. The van der Waals surface area contributed by atoms with Crippen LogP contribution in [0.25, 0.3) is 27.0 Å². The zero-order chi connectivity index (χ0) is 22.8. The highest BCUT2D eigenvalue weighted by atomic mass is 79.9. The largest absolute Gasteiger partial charge is 0.461 e. The van der Waals surface area contributed by atoms with Crippen LogP contribution >= 0.6 is 27.3 Å². The Kier molecular flexibility index (Phi) is 6.53. The molecular weight excluding hydrogens is 488 g/mol. The summed E-state index contributed by atoms with van der Waals surface area (Å²) in [6, 6.07) is 16.2. The number of halogens is 1. The molecule has 0 aliphatic heterocycles. The van der Waals surface area contributed by atoms with E-state index >= 15 is 0 Å². The van der Waals surface area contributed by atoms with Crippen LogP contribution in [-0.4, -0.2) is 32.6 Å². The Morgan fingerprint density at radius 3 is 2.59 bits per heavy atom. The monoisotopic (exact) mass is 510 g/mol. The molecule has 32 heavy (non-hydrogen) atoms. The van der Waals surface area contributed by atoms with Gasteiger partial charge in [0.1, 0.15) is 10.7 Å². The van der Waals surface area contributed by atoms with Gasteiger partial charge in [-0.1, -0.05) is 67.1 Å². The fraction of sp³-hybridized carbons (Fsp3) is 0.250. The maximum absolute atomic E-state index is 12.6. The van der Waals surface area contributed by atoms with Gasteiger partial charge in [0, 0.05) is 5.56 Å². The Labute approximate surface area is 199 Å². The third-order valence-electron chi connectivity index (χ3n) is 4.98. The molecule has 0 radical (unpaired) electrons. The van der Waals surface area contributed by atoms with Crippen LogP contribution in [0.5, 0.6) is 0 Å². The number of rotatable bonds is 6. The number of carbonyl (C=O) groups excluding carboxylic acids is 1. The third kappa shape index (κ3) is 4.25. The summed E-state index contributed by atoms with van der Waals surface area (Å²) < 4.78 is 7.55. The summed E-state index contributed by atoms with van der Waals surface area (Å²) in [4.78, 5) is 12.6. The Hall–Kier alpha value is -2.84. The van der Waals surface area contributed by atoms with E-state index in [0.717, 1.165) is 27.4 Å². The van der Waals surface area contributed by atoms with Gasteiger partial charge in [0.05, 0.1) is 16.8 Å². The van der Waals surface area contributed by atoms with Gasteiger partial charge in [-0.2, -0.15) is 5.10 Å². The van der Waals surface area contributed by atoms with E-state index in [0.29, 0.717) is 15.2 Å². The molecule has 0 N–H and O–H groups in total. The molecule has 2 heterocycles. The quantitative estimate of drug-likeness (QED) is 0.279. The van der Waals surface area contributed by atoms with E-state index in [-0.39, 0.29) is 18.2 Å². The van der Waals surface area contributed by atoms with Crippen molar-refractivity contribution < 1.29 is 9.53 Å². The number of carbonyl (C=O) groups is 1. The highest BCUT2D eigenvalue weighted by Gasteiger charge is 2.27. The summed E-state index contributed by atoms with van der Waals surface area (Å²) in [6.07, 6.45) is 0. The van der Waals surface area contributed by atoms with Crippen molar-refractivity contribution in [3.8, 4) is 27.0 Å². The van der Waals surface area contributed by atoms with Gasteiger partial charge in [0.25, 0.3) is 0 Å². The molecule has 8 heteroatoms. The van der Waals surface area contributed by atoms with E-state index in [1.807, 2.05) is 43.3 Å². The first-order valence-electron chi connectivity index (χ1n) is 10.4. The van der Waals surface area contributed by atoms with Crippen LogP contribution in [-0.2, 0) is 4.74 Å². The van der Waals surface area contributed by atoms with Crippen LogP contribution in [0, 0.1) is 6.92 Å². The Morgan fingerprint density at radius 1 is 1.12 bits per heavy atom. The molecule has 0 unspecified atom stereocenters. The third-order valence-corrected chi connectivity index (χ3v) is 6.71. The van der Waals surface area contributed by atoms with Gasteiger partial charge in [-0.3, -0.25) is 0 Å². The van der Waals surface area contributed by atoms with Gasteiger partial charge in [-0.25, -0.2) is 9.48 Å². The highest BCUT2D eigenvalue weighted by Crippen LogP contribution is 2.38. The normalized spacial score (nSPS) is 11.2. The minimum absolute atomic E-state index is 0.215. The van der Waals surface area contributed by atoms with Gasteiger partial charge in [0.2, 0.25) is 0 Å². The number of hydrogen-bond donors (Lipinski definition) is 0. The molecule has 164 valence electrons. The van der Waals surface area contributed by atoms with Crippen molar-refractivity contribution in [3.05, 3.63) is 69.8 Å². The predicted octanol–water partition coefficient (Wildman–Crippen LogP) is 6.43. The average molecular weight is 511 g/mol. The molecule has 0 aliphatic rings. The Morgan fingerprint density at radius 2 is 1.88 bits per heavy atom. The molecular formula is C24H23BrN4O2S. The fourth-order valence-electron chi connectivity index (χ4n) is 3.47. The molecule has 0 saturated heterocycles. The second-order valence-electron chi connectivity index (χ2n) is 7.64. The Bertz CT molecular complexity index is 1280. The van der Waals surface area contributed by atoms with Crippen molar-refractivity contribution in [2.75, 3.05) is 6.61 Å². The molecule has 4 aromatic rings. The van der Waals surface area contributed by atoms with Crippen LogP contribution in [0.3, 0.4) is 0 Å². The molecule has 0 atom stereocenters. The molecule has 0 spiro atoms. The molecule has 0 saturated carbocycles. The SMILES string of the molecule is CCOC(=O)c1nn(-c2ccccc2C(C)C)c(-c2nnc(-c3cccc(C)c3)s2)c1Br. The summed E-state index contributed by atoms with van der Waals surface area (Å²) in [7, 11) is 0. The lowest BCUT2D eigenvalue weighted by molar-refractivity contribution is 0.0518. The molecule has 0 bridgehead atoms. The number of ether oxygens (including phenoxy) is 1. The standard InChI is InChI=1S/C24H23BrN4O2S/c1-5-31-24(30)20-19(25)21(29(28-20)18-12-7-6-11-17(18)14(2)3)23-27-26-22(32-23)16-10-8-9-15(4)13-16/h6-14H,5H2,1-4H3. The maximum atomic E-state index is 12.6. The van der Waals surface area contributed by atoms with Crippen LogP contribution in [0.15, 0.2) is 53.0 Å². The Balaban J connectivity index is 1.91. The summed E-state index contributed by atoms with van der Waals surface area (Å²) in [5.74, 6) is -0.213. The highest BCUT2D eigenvalue weighted by molar-refractivity contribution is 9.10. The van der Waals surface area contributed by atoms with Crippen LogP contribution < -0.4 is 0 Å². The molecule has 2 aromatic heterocycles. The summed E-state index contributed by atoms with van der Waals surface area (Å²) >= 11 is 5.06. The smallest absolute Gasteiger partial charge is 0.360 e. The zero-order valence-electron chi connectivity index (χ0n) is 18.3. The van der Waals surface area contributed by atoms with Crippen molar-refractivity contribution in [3.63, 3.8) is 0 Å². The predicted molar refractivity (Wildman–Crippen MR) is 130 cm³/mol. The lowest BCUT2D eigenvalue weighted by atomic mass is 10.0. The second-order valence-corrected chi connectivity index (χ2v) is 9.41. The first-order chi connectivity index (χ1) is 15.4. The summed E-state index contributed by atoms with van der Waals surface area (Å²) in [6.45, 7) is 8.35. The van der Waals surface area contributed by atoms with Gasteiger partial charge in [0.15, 0.2) is 10.7 Å². The van der Waals surface area contributed by atoms with Gasteiger partial charge in [-0.05, 0) is 53.4 Å². The molecule has 4 rings (SSSR count). The van der Waals surface area contributed by atoms with Gasteiger partial charge in [-0.15, -0.1) is 10.2 Å². The van der Waals surface area contributed by atoms with Crippen molar-refractivity contribution in [2.24, 2.45) is 0 Å². The summed E-state index contributed by atoms with van der Waals surface area (Å²) in [5.41, 5.74) is 5.05. The topological polar surface area (TPSA) is 69.9 Å². The van der Waals surface area contributed by atoms with E-state index in [9.17, 15) is 4.79 Å². The number of aromatic nitrogens is 4. The second kappa shape index (κ2) is 9.34. The van der Waals surface area contributed by atoms with Crippen molar-refractivity contribution in [2.45, 2.75) is 33.6 Å². The number of aryl methyl sites for hydroxylation is 1. The van der Waals surface area contributed by atoms with E-state index in [1.54, 1.807) is 11.6 Å². The number of esters is 1. The minimum atomic E-state index is -0.482. The number of benzene rings is 2. The molecule has 6 nitrogen and oxygen atoms in total. The number of nitrogens with zero attached hydrogens (tertiary/aromatic N) is 4. The molecule has 0 amide bonds. The van der Waals surface area contributed by atoms with Crippen molar-refractivity contribution in [1.82, 2.24) is 20.0 Å². The molecule has 0 aliphatic carbocycles. The van der Waals surface area contributed by atoms with Crippen LogP contribution in [0.4, 0.5) is 0 Å². The summed E-state index contributed by atoms with van der Waals surface area (Å²) in [5, 5.41) is 15.0. The lowest BCUT2D eigenvalue weighted by Gasteiger charge is -2.14. The lowest BCUT2D eigenvalue weighted by Crippen LogP contribution is -2.08. The molecule has 0 fully saturated rings. The van der Waals surface area contributed by atoms with Crippen molar-refractivity contribution >= 4 is 33.2 Å². The molecule has 2 aromatic carbocycles. The first-order valence-corrected chi connectivity index (χ1v) is 12.0.